The lowest BCUT2D eigenvalue weighted by Crippen LogP contribution is -2.51. The molecule has 0 unspecified atom stereocenters. The fraction of sp³-hybridized carbons (Fsp3) is 0.526. The van der Waals surface area contributed by atoms with Gasteiger partial charge in [0, 0.05) is 5.69 Å². The summed E-state index contributed by atoms with van der Waals surface area (Å²) in [7, 11) is 0. The predicted molar refractivity (Wildman–Crippen MR) is 95.3 cm³/mol. The van der Waals surface area contributed by atoms with Gasteiger partial charge in [0.05, 0.1) is 5.56 Å². The monoisotopic (exact) mass is 397 g/mol. The molecule has 0 spiro atoms. The summed E-state index contributed by atoms with van der Waals surface area (Å²) in [5.74, 6) is -1.20. The maximum Gasteiger partial charge on any atom is 0.416 e. The van der Waals surface area contributed by atoms with E-state index in [9.17, 15) is 27.6 Å². The third-order valence-electron chi connectivity index (χ3n) is 5.50. The van der Waals surface area contributed by atoms with Gasteiger partial charge in [-0.3, -0.25) is 14.5 Å². The van der Waals surface area contributed by atoms with Crippen LogP contribution in [-0.4, -0.2) is 34.8 Å². The highest BCUT2D eigenvalue weighted by atomic mass is 19.4. The summed E-state index contributed by atoms with van der Waals surface area (Å²) in [6.07, 6.45) is 0.184. The number of hydrogen-bond acceptors (Lipinski definition) is 3. The third-order valence-corrected chi connectivity index (χ3v) is 5.50. The number of hydrogen-bond donors (Lipinski definition) is 2. The van der Waals surface area contributed by atoms with Gasteiger partial charge in [0.1, 0.15) is 12.1 Å². The zero-order chi connectivity index (χ0) is 20.5. The molecule has 1 aromatic carbocycles. The van der Waals surface area contributed by atoms with Crippen LogP contribution in [0.1, 0.15) is 44.6 Å². The normalized spacial score (nSPS) is 23.6. The van der Waals surface area contributed by atoms with E-state index in [2.05, 4.69) is 10.6 Å². The molecular formula is C19H22F3N3O3. The number of benzene rings is 1. The van der Waals surface area contributed by atoms with E-state index < -0.39 is 41.7 Å². The molecule has 1 aromatic rings. The Morgan fingerprint density at radius 1 is 1.25 bits per heavy atom. The van der Waals surface area contributed by atoms with Crippen LogP contribution >= 0.6 is 0 Å². The van der Waals surface area contributed by atoms with E-state index in [-0.39, 0.29) is 11.6 Å². The van der Waals surface area contributed by atoms with Crippen LogP contribution in [0, 0.1) is 5.92 Å². The Morgan fingerprint density at radius 3 is 2.57 bits per heavy atom. The first-order valence-electron chi connectivity index (χ1n) is 9.22. The number of rotatable bonds is 4. The number of imide groups is 1. The molecule has 0 radical (unpaired) electrons. The first-order valence-corrected chi connectivity index (χ1v) is 9.22. The highest BCUT2D eigenvalue weighted by Crippen LogP contribution is 2.36. The molecule has 3 rings (SSSR count). The van der Waals surface area contributed by atoms with Crippen molar-refractivity contribution in [1.82, 2.24) is 10.2 Å². The van der Waals surface area contributed by atoms with Crippen molar-refractivity contribution in [2.45, 2.75) is 50.7 Å². The van der Waals surface area contributed by atoms with E-state index in [0.717, 1.165) is 49.1 Å². The van der Waals surface area contributed by atoms with Gasteiger partial charge in [0.25, 0.3) is 5.91 Å². The number of urea groups is 1. The molecule has 1 atom stereocenters. The van der Waals surface area contributed by atoms with Gasteiger partial charge in [0.2, 0.25) is 5.91 Å². The van der Waals surface area contributed by atoms with Crippen LogP contribution < -0.4 is 10.6 Å². The summed E-state index contributed by atoms with van der Waals surface area (Å²) in [4.78, 5) is 38.2. The van der Waals surface area contributed by atoms with Crippen molar-refractivity contribution in [3.05, 3.63) is 29.8 Å². The van der Waals surface area contributed by atoms with Crippen molar-refractivity contribution in [2.24, 2.45) is 5.92 Å². The standard InChI is InChI=1S/C19H22F3N3O3/c1-18(12-6-3-2-4-7-12)16(27)25(17(28)24-18)11-15(26)23-14-9-5-8-13(10-14)19(20,21)22/h5,8-10,12H,2-4,6-7,11H2,1H3,(H,23,26)(H,24,28)/t18-/m1/s1. The van der Waals surface area contributed by atoms with E-state index >= 15 is 0 Å². The second-order valence-corrected chi connectivity index (χ2v) is 7.49. The Balaban J connectivity index is 1.67. The number of amides is 4. The summed E-state index contributed by atoms with van der Waals surface area (Å²) in [5.41, 5.74) is -2.00. The summed E-state index contributed by atoms with van der Waals surface area (Å²) >= 11 is 0. The van der Waals surface area contributed by atoms with Crippen molar-refractivity contribution in [1.29, 1.82) is 0 Å². The molecule has 1 saturated carbocycles. The molecule has 0 bridgehead atoms. The number of carbonyl (C=O) groups is 3. The smallest absolute Gasteiger partial charge is 0.325 e. The molecule has 2 aliphatic rings. The zero-order valence-electron chi connectivity index (χ0n) is 15.4. The molecule has 2 N–H and O–H groups in total. The number of nitrogens with one attached hydrogen (secondary N) is 2. The molecule has 1 aliphatic carbocycles. The van der Waals surface area contributed by atoms with Gasteiger partial charge in [-0.1, -0.05) is 25.3 Å². The molecular weight excluding hydrogens is 375 g/mol. The average Bonchev–Trinajstić information content (AvgIpc) is 2.86. The molecule has 9 heteroatoms. The molecule has 1 saturated heterocycles. The van der Waals surface area contributed by atoms with E-state index in [1.165, 1.54) is 12.1 Å². The molecule has 4 amide bonds. The molecule has 1 heterocycles. The summed E-state index contributed by atoms with van der Waals surface area (Å²) in [6.45, 7) is 1.12. The van der Waals surface area contributed by atoms with E-state index in [4.69, 9.17) is 0 Å². The van der Waals surface area contributed by atoms with Crippen molar-refractivity contribution in [3.8, 4) is 0 Å². The summed E-state index contributed by atoms with van der Waals surface area (Å²) in [6, 6.07) is 3.52. The fourth-order valence-electron chi connectivity index (χ4n) is 3.93. The van der Waals surface area contributed by atoms with Crippen molar-refractivity contribution in [3.63, 3.8) is 0 Å². The lowest BCUT2D eigenvalue weighted by atomic mass is 9.75. The Morgan fingerprint density at radius 2 is 1.93 bits per heavy atom. The van der Waals surface area contributed by atoms with Crippen LogP contribution in [0.25, 0.3) is 0 Å². The zero-order valence-corrected chi connectivity index (χ0v) is 15.4. The van der Waals surface area contributed by atoms with Crippen LogP contribution in [0.5, 0.6) is 0 Å². The predicted octanol–water partition coefficient (Wildman–Crippen LogP) is 3.53. The Bertz CT molecular complexity index is 790. The molecule has 0 aromatic heterocycles. The summed E-state index contributed by atoms with van der Waals surface area (Å²) < 4.78 is 38.3. The van der Waals surface area contributed by atoms with Gasteiger partial charge < -0.3 is 10.6 Å². The van der Waals surface area contributed by atoms with E-state index in [1.807, 2.05) is 0 Å². The number of alkyl halides is 3. The van der Waals surface area contributed by atoms with Crippen LogP contribution in [0.15, 0.2) is 24.3 Å². The molecule has 1 aliphatic heterocycles. The highest BCUT2D eigenvalue weighted by Gasteiger charge is 2.52. The Hall–Kier alpha value is -2.58. The number of carbonyl (C=O) groups excluding carboxylic acids is 3. The second kappa shape index (κ2) is 7.44. The fourth-order valence-corrected chi connectivity index (χ4v) is 3.93. The first kappa shape index (κ1) is 20.2. The Labute approximate surface area is 160 Å². The highest BCUT2D eigenvalue weighted by molar-refractivity contribution is 6.10. The molecule has 152 valence electrons. The van der Waals surface area contributed by atoms with Crippen LogP contribution in [-0.2, 0) is 15.8 Å². The topological polar surface area (TPSA) is 78.5 Å². The minimum Gasteiger partial charge on any atom is -0.325 e. The maximum atomic E-state index is 12.8. The van der Waals surface area contributed by atoms with Gasteiger partial charge >= 0.3 is 12.2 Å². The van der Waals surface area contributed by atoms with E-state index in [1.54, 1.807) is 6.92 Å². The first-order chi connectivity index (χ1) is 13.1. The largest absolute Gasteiger partial charge is 0.416 e. The lowest BCUT2D eigenvalue weighted by molar-refractivity contribution is -0.137. The van der Waals surface area contributed by atoms with Crippen LogP contribution in [0.3, 0.4) is 0 Å². The summed E-state index contributed by atoms with van der Waals surface area (Å²) in [5, 5.41) is 5.02. The number of nitrogens with zero attached hydrogens (tertiary/aromatic N) is 1. The minimum absolute atomic E-state index is 0.00854. The second-order valence-electron chi connectivity index (χ2n) is 7.49. The number of anilines is 1. The minimum atomic E-state index is -4.53. The molecule has 6 nitrogen and oxygen atoms in total. The number of halogens is 3. The van der Waals surface area contributed by atoms with Gasteiger partial charge in [-0.25, -0.2) is 4.79 Å². The quantitative estimate of drug-likeness (QED) is 0.763. The van der Waals surface area contributed by atoms with Crippen molar-refractivity contribution in [2.75, 3.05) is 11.9 Å². The third kappa shape index (κ3) is 3.98. The molecule has 2 fully saturated rings. The van der Waals surface area contributed by atoms with Gasteiger partial charge in [-0.2, -0.15) is 13.2 Å². The van der Waals surface area contributed by atoms with Crippen molar-refractivity contribution < 1.29 is 27.6 Å². The van der Waals surface area contributed by atoms with E-state index in [0.29, 0.717) is 0 Å². The average molecular weight is 397 g/mol. The SMILES string of the molecule is C[C@]1(C2CCCCC2)NC(=O)N(CC(=O)Nc2cccc(C(F)(F)F)c2)C1=O. The maximum absolute atomic E-state index is 12.8. The van der Waals surface area contributed by atoms with Gasteiger partial charge in [-0.05, 0) is 43.9 Å². The van der Waals surface area contributed by atoms with Crippen molar-refractivity contribution >= 4 is 23.5 Å². The molecule has 28 heavy (non-hydrogen) atoms. The van der Waals surface area contributed by atoms with Gasteiger partial charge in [0.15, 0.2) is 0 Å². The van der Waals surface area contributed by atoms with Crippen LogP contribution in [0.4, 0.5) is 23.7 Å². The Kier molecular flexibility index (Phi) is 5.36. The van der Waals surface area contributed by atoms with Gasteiger partial charge in [-0.15, -0.1) is 0 Å². The van der Waals surface area contributed by atoms with Crippen LogP contribution in [0.2, 0.25) is 0 Å². The lowest BCUT2D eigenvalue weighted by Gasteiger charge is -2.34.